The number of hydrogen-bond acceptors (Lipinski definition) is 4. The minimum absolute atomic E-state index is 0.0460. The highest BCUT2D eigenvalue weighted by Gasteiger charge is 2.36. The van der Waals surface area contributed by atoms with Gasteiger partial charge in [0.1, 0.15) is 11.4 Å². The molecule has 1 saturated heterocycles. The number of hydrogen-bond donors (Lipinski definition) is 2. The van der Waals surface area contributed by atoms with E-state index in [4.69, 9.17) is 0 Å². The summed E-state index contributed by atoms with van der Waals surface area (Å²) in [6.45, 7) is 8.24. The molecule has 1 aromatic carbocycles. The summed E-state index contributed by atoms with van der Waals surface area (Å²) in [7, 11) is 0. The van der Waals surface area contributed by atoms with E-state index in [1.807, 2.05) is 10.7 Å². The number of piperidine rings is 1. The first-order chi connectivity index (χ1) is 13.5. The normalized spacial score (nSPS) is 21.6. The van der Waals surface area contributed by atoms with Crippen molar-refractivity contribution in [3.05, 3.63) is 47.7 Å². The van der Waals surface area contributed by atoms with E-state index in [0.29, 0.717) is 12.1 Å². The molecule has 0 radical (unpaired) electrons. The van der Waals surface area contributed by atoms with Crippen molar-refractivity contribution in [1.82, 2.24) is 20.0 Å². The van der Waals surface area contributed by atoms with E-state index >= 15 is 0 Å². The number of rotatable bonds is 5. The van der Waals surface area contributed by atoms with Crippen molar-refractivity contribution in [3.63, 3.8) is 0 Å². The van der Waals surface area contributed by atoms with E-state index in [9.17, 15) is 4.79 Å². The Labute approximate surface area is 167 Å². The number of benzene rings is 1. The molecule has 2 aliphatic heterocycles. The molecule has 2 N–H and O–H groups in total. The van der Waals surface area contributed by atoms with Crippen molar-refractivity contribution in [1.29, 1.82) is 0 Å². The fourth-order valence-electron chi connectivity index (χ4n) is 4.41. The molecule has 1 amide bonds. The van der Waals surface area contributed by atoms with Gasteiger partial charge in [-0.05, 0) is 51.8 Å². The minimum Gasteiger partial charge on any atom is -0.363 e. The van der Waals surface area contributed by atoms with Crippen LogP contribution in [0.15, 0.2) is 36.5 Å². The zero-order valence-electron chi connectivity index (χ0n) is 16.9. The molecule has 0 saturated carbocycles. The molecule has 150 valence electrons. The third-order valence-electron chi connectivity index (χ3n) is 5.97. The van der Waals surface area contributed by atoms with Gasteiger partial charge in [0.15, 0.2) is 0 Å². The second-order valence-corrected chi connectivity index (χ2v) is 8.60. The molecule has 6 heteroatoms. The second kappa shape index (κ2) is 7.95. The Hall–Kier alpha value is -2.34. The molecular weight excluding hydrogens is 350 g/mol. The third-order valence-corrected chi connectivity index (χ3v) is 5.97. The molecule has 1 unspecified atom stereocenters. The number of anilines is 1. The number of nitrogens with zero attached hydrogens (tertiary/aromatic N) is 3. The molecule has 1 atom stereocenters. The molecule has 2 aromatic rings. The van der Waals surface area contributed by atoms with Crippen molar-refractivity contribution in [3.8, 4) is 0 Å². The number of carbonyl (C=O) groups is 1. The first kappa shape index (κ1) is 19.0. The SMILES string of the molecule is CC1(C)CC(c2ccccc2)Nc2c(C(=O)NCCN3CCCCC3)cnn21. The standard InChI is InChI=1S/C22H31N5O/c1-22(2)15-19(17-9-5-3-6-10-17)25-20-18(16-24-27(20)22)21(28)23-11-14-26-12-7-4-8-13-26/h3,5-6,9-10,16,19,25H,4,7-8,11-15H2,1-2H3,(H,23,28). The lowest BCUT2D eigenvalue weighted by Crippen LogP contribution is -2.39. The van der Waals surface area contributed by atoms with E-state index in [2.05, 4.69) is 58.7 Å². The summed E-state index contributed by atoms with van der Waals surface area (Å²) >= 11 is 0. The summed E-state index contributed by atoms with van der Waals surface area (Å²) in [5.41, 5.74) is 1.71. The highest BCUT2D eigenvalue weighted by molar-refractivity contribution is 5.98. The average Bonchev–Trinajstić information content (AvgIpc) is 3.14. The van der Waals surface area contributed by atoms with Gasteiger partial charge in [0.05, 0.1) is 17.8 Å². The molecule has 28 heavy (non-hydrogen) atoms. The van der Waals surface area contributed by atoms with Gasteiger partial charge in [-0.2, -0.15) is 5.10 Å². The van der Waals surface area contributed by atoms with Crippen LogP contribution < -0.4 is 10.6 Å². The molecule has 0 spiro atoms. The van der Waals surface area contributed by atoms with Gasteiger partial charge in [0, 0.05) is 13.1 Å². The smallest absolute Gasteiger partial charge is 0.256 e. The zero-order valence-corrected chi connectivity index (χ0v) is 16.9. The Morgan fingerprint density at radius 2 is 1.96 bits per heavy atom. The van der Waals surface area contributed by atoms with Crippen LogP contribution in [-0.2, 0) is 5.54 Å². The Kier molecular flexibility index (Phi) is 5.40. The number of carbonyl (C=O) groups excluding carboxylic acids is 1. The first-order valence-electron chi connectivity index (χ1n) is 10.5. The molecular formula is C22H31N5O. The minimum atomic E-state index is -0.159. The van der Waals surface area contributed by atoms with Gasteiger partial charge < -0.3 is 15.5 Å². The highest BCUT2D eigenvalue weighted by Crippen LogP contribution is 2.39. The fourth-order valence-corrected chi connectivity index (χ4v) is 4.41. The van der Waals surface area contributed by atoms with Gasteiger partial charge in [-0.25, -0.2) is 4.68 Å². The zero-order chi connectivity index (χ0) is 19.6. The van der Waals surface area contributed by atoms with Crippen LogP contribution in [0.25, 0.3) is 0 Å². The van der Waals surface area contributed by atoms with Gasteiger partial charge in [-0.15, -0.1) is 0 Å². The van der Waals surface area contributed by atoms with Crippen LogP contribution in [0.2, 0.25) is 0 Å². The number of likely N-dealkylation sites (tertiary alicyclic amines) is 1. The van der Waals surface area contributed by atoms with Gasteiger partial charge in [0.2, 0.25) is 0 Å². The summed E-state index contributed by atoms with van der Waals surface area (Å²) < 4.78 is 1.96. The van der Waals surface area contributed by atoms with Crippen molar-refractivity contribution < 1.29 is 4.79 Å². The van der Waals surface area contributed by atoms with Crippen LogP contribution in [-0.4, -0.2) is 46.8 Å². The molecule has 1 aromatic heterocycles. The van der Waals surface area contributed by atoms with E-state index in [-0.39, 0.29) is 17.5 Å². The maximum absolute atomic E-state index is 12.9. The summed E-state index contributed by atoms with van der Waals surface area (Å²) in [5, 5.41) is 11.2. The number of nitrogens with one attached hydrogen (secondary N) is 2. The maximum Gasteiger partial charge on any atom is 0.256 e. The Bertz CT molecular complexity index is 808. The fraction of sp³-hybridized carbons (Fsp3) is 0.545. The largest absolute Gasteiger partial charge is 0.363 e. The number of aromatic nitrogens is 2. The van der Waals surface area contributed by atoms with E-state index < -0.39 is 0 Å². The monoisotopic (exact) mass is 381 g/mol. The van der Waals surface area contributed by atoms with Gasteiger partial charge in [0.25, 0.3) is 5.91 Å². The summed E-state index contributed by atoms with van der Waals surface area (Å²) in [5.74, 6) is 0.774. The van der Waals surface area contributed by atoms with Crippen molar-refractivity contribution in [2.45, 2.75) is 51.1 Å². The maximum atomic E-state index is 12.9. The first-order valence-corrected chi connectivity index (χ1v) is 10.5. The van der Waals surface area contributed by atoms with Gasteiger partial charge in [-0.1, -0.05) is 36.8 Å². The summed E-state index contributed by atoms with van der Waals surface area (Å²) in [6.07, 6.45) is 6.49. The Balaban J connectivity index is 1.46. The topological polar surface area (TPSA) is 62.2 Å². The number of amides is 1. The molecule has 1 fully saturated rings. The highest BCUT2D eigenvalue weighted by atomic mass is 16.1. The summed E-state index contributed by atoms with van der Waals surface area (Å²) in [4.78, 5) is 15.3. The van der Waals surface area contributed by atoms with Gasteiger partial charge in [-0.3, -0.25) is 4.79 Å². The van der Waals surface area contributed by atoms with Crippen LogP contribution >= 0.6 is 0 Å². The van der Waals surface area contributed by atoms with Gasteiger partial charge >= 0.3 is 0 Å². The second-order valence-electron chi connectivity index (χ2n) is 8.60. The lowest BCUT2D eigenvalue weighted by atomic mass is 9.89. The van der Waals surface area contributed by atoms with Crippen molar-refractivity contribution >= 4 is 11.7 Å². The van der Waals surface area contributed by atoms with Crippen LogP contribution in [0.1, 0.15) is 61.5 Å². The van der Waals surface area contributed by atoms with E-state index in [1.165, 1.54) is 24.8 Å². The predicted molar refractivity (Wildman–Crippen MR) is 112 cm³/mol. The van der Waals surface area contributed by atoms with E-state index in [1.54, 1.807) is 6.20 Å². The molecule has 4 rings (SSSR count). The van der Waals surface area contributed by atoms with Crippen LogP contribution in [0.4, 0.5) is 5.82 Å². The quantitative estimate of drug-likeness (QED) is 0.833. The molecule has 3 heterocycles. The lowest BCUT2D eigenvalue weighted by molar-refractivity contribution is 0.0947. The molecule has 6 nitrogen and oxygen atoms in total. The summed E-state index contributed by atoms with van der Waals surface area (Å²) in [6, 6.07) is 10.6. The van der Waals surface area contributed by atoms with Crippen molar-refractivity contribution in [2.75, 3.05) is 31.5 Å². The Morgan fingerprint density at radius 1 is 1.21 bits per heavy atom. The number of fused-ring (bicyclic) bond motifs is 1. The Morgan fingerprint density at radius 3 is 2.71 bits per heavy atom. The molecule has 2 aliphatic rings. The van der Waals surface area contributed by atoms with Crippen LogP contribution in [0.5, 0.6) is 0 Å². The van der Waals surface area contributed by atoms with Crippen LogP contribution in [0, 0.1) is 0 Å². The molecule has 0 bridgehead atoms. The van der Waals surface area contributed by atoms with Crippen LogP contribution in [0.3, 0.4) is 0 Å². The van der Waals surface area contributed by atoms with E-state index in [0.717, 1.165) is 31.9 Å². The predicted octanol–water partition coefficient (Wildman–Crippen LogP) is 3.39. The van der Waals surface area contributed by atoms with Crippen molar-refractivity contribution in [2.24, 2.45) is 0 Å². The third kappa shape index (κ3) is 3.92. The lowest BCUT2D eigenvalue weighted by Gasteiger charge is -2.38. The molecule has 0 aliphatic carbocycles. The average molecular weight is 382 g/mol.